The highest BCUT2D eigenvalue weighted by atomic mass is 19.1. The monoisotopic (exact) mass is 264 g/mol. The Morgan fingerprint density at radius 3 is 2.42 bits per heavy atom. The van der Waals surface area contributed by atoms with Gasteiger partial charge in [-0.3, -0.25) is 0 Å². The maximum Gasteiger partial charge on any atom is 0.168 e. The molecule has 2 aliphatic heterocycles. The summed E-state index contributed by atoms with van der Waals surface area (Å²) in [6.07, 6.45) is 3.46. The van der Waals surface area contributed by atoms with Crippen LogP contribution in [0.25, 0.3) is 0 Å². The summed E-state index contributed by atoms with van der Waals surface area (Å²) in [4.78, 5) is 0. The van der Waals surface area contributed by atoms with Gasteiger partial charge < -0.3 is 14.2 Å². The van der Waals surface area contributed by atoms with Crippen LogP contribution in [0.3, 0.4) is 0 Å². The third-order valence-electron chi connectivity index (χ3n) is 4.70. The second kappa shape index (κ2) is 4.01. The fraction of sp³-hybridized carbons (Fsp3) is 0.600. The van der Waals surface area contributed by atoms with Crippen LogP contribution in [-0.2, 0) is 26.4 Å². The standard InChI is InChI=1S/C15H17FO3/c16-12-1-2-13-11(9-12)10-19-14(13)3-5-15(6-4-14)17-7-8-18-15/h1-2,9H,3-8,10H2. The minimum absolute atomic E-state index is 0.186. The average Bonchev–Trinajstić information content (AvgIpc) is 3.00. The van der Waals surface area contributed by atoms with Gasteiger partial charge in [-0.05, 0) is 36.1 Å². The zero-order valence-electron chi connectivity index (χ0n) is 10.8. The highest BCUT2D eigenvalue weighted by Crippen LogP contribution is 2.51. The van der Waals surface area contributed by atoms with Crippen molar-refractivity contribution in [3.05, 3.63) is 35.1 Å². The molecule has 1 aromatic rings. The Bertz CT molecular complexity index is 498. The summed E-state index contributed by atoms with van der Waals surface area (Å²) in [5, 5.41) is 0. The molecule has 2 spiro atoms. The third kappa shape index (κ3) is 1.74. The van der Waals surface area contributed by atoms with E-state index in [2.05, 4.69) is 0 Å². The lowest BCUT2D eigenvalue weighted by atomic mass is 9.77. The number of rotatable bonds is 0. The predicted octanol–water partition coefficient (Wildman–Crippen LogP) is 2.87. The summed E-state index contributed by atoms with van der Waals surface area (Å²) in [6.45, 7) is 1.90. The van der Waals surface area contributed by atoms with E-state index in [0.717, 1.165) is 36.8 Å². The lowest BCUT2D eigenvalue weighted by molar-refractivity contribution is -0.210. The Hall–Kier alpha value is -0.970. The molecule has 0 aromatic heterocycles. The van der Waals surface area contributed by atoms with Crippen LogP contribution in [0.15, 0.2) is 18.2 Å². The number of hydrogen-bond acceptors (Lipinski definition) is 3. The Morgan fingerprint density at radius 1 is 0.947 bits per heavy atom. The van der Waals surface area contributed by atoms with E-state index in [1.807, 2.05) is 6.07 Å². The van der Waals surface area contributed by atoms with E-state index >= 15 is 0 Å². The first-order valence-electron chi connectivity index (χ1n) is 6.92. The van der Waals surface area contributed by atoms with E-state index in [4.69, 9.17) is 14.2 Å². The van der Waals surface area contributed by atoms with Gasteiger partial charge in [0.25, 0.3) is 0 Å². The summed E-state index contributed by atoms with van der Waals surface area (Å²) in [7, 11) is 0. The number of hydrogen-bond donors (Lipinski definition) is 0. The van der Waals surface area contributed by atoms with Crippen LogP contribution in [0.2, 0.25) is 0 Å². The Labute approximate surface area is 111 Å². The second-order valence-electron chi connectivity index (χ2n) is 5.69. The summed E-state index contributed by atoms with van der Waals surface area (Å²) < 4.78 is 30.8. The maximum absolute atomic E-state index is 13.3. The van der Waals surface area contributed by atoms with Gasteiger partial charge in [0.15, 0.2) is 5.79 Å². The first kappa shape index (κ1) is 11.8. The van der Waals surface area contributed by atoms with Crippen LogP contribution in [0, 0.1) is 5.82 Å². The molecule has 1 saturated carbocycles. The molecule has 3 aliphatic rings. The molecular formula is C15H17FO3. The first-order chi connectivity index (χ1) is 9.22. The summed E-state index contributed by atoms with van der Waals surface area (Å²) in [5.74, 6) is -0.564. The molecule has 0 radical (unpaired) electrons. The first-order valence-corrected chi connectivity index (χ1v) is 6.92. The summed E-state index contributed by atoms with van der Waals surface area (Å²) in [5.41, 5.74) is 1.90. The molecule has 1 saturated heterocycles. The smallest absolute Gasteiger partial charge is 0.168 e. The molecular weight excluding hydrogens is 247 g/mol. The zero-order chi connectivity index (χ0) is 12.9. The van der Waals surface area contributed by atoms with E-state index in [9.17, 15) is 4.39 Å². The quantitative estimate of drug-likeness (QED) is 0.721. The lowest BCUT2D eigenvalue weighted by Gasteiger charge is -2.41. The van der Waals surface area contributed by atoms with Gasteiger partial charge in [0.1, 0.15) is 5.82 Å². The zero-order valence-corrected chi connectivity index (χ0v) is 10.8. The van der Waals surface area contributed by atoms with Gasteiger partial charge in [0, 0.05) is 12.8 Å². The van der Waals surface area contributed by atoms with Crippen LogP contribution < -0.4 is 0 Å². The highest BCUT2D eigenvalue weighted by Gasteiger charge is 2.50. The fourth-order valence-corrected chi connectivity index (χ4v) is 3.65. The van der Waals surface area contributed by atoms with Crippen molar-refractivity contribution in [2.45, 2.75) is 43.7 Å². The van der Waals surface area contributed by atoms with Crippen molar-refractivity contribution in [1.82, 2.24) is 0 Å². The number of ether oxygens (including phenoxy) is 3. The van der Waals surface area contributed by atoms with Crippen molar-refractivity contribution >= 4 is 0 Å². The van der Waals surface area contributed by atoms with Crippen molar-refractivity contribution in [2.24, 2.45) is 0 Å². The molecule has 1 aliphatic carbocycles. The van der Waals surface area contributed by atoms with Gasteiger partial charge >= 0.3 is 0 Å². The molecule has 0 atom stereocenters. The minimum atomic E-state index is -0.378. The molecule has 0 bridgehead atoms. The number of fused-ring (bicyclic) bond motifs is 2. The molecule has 1 aromatic carbocycles. The topological polar surface area (TPSA) is 27.7 Å². The SMILES string of the molecule is Fc1ccc2c(c1)COC21CCC2(CC1)OCCO2. The molecule has 3 nitrogen and oxygen atoms in total. The van der Waals surface area contributed by atoms with Gasteiger partial charge in [-0.2, -0.15) is 0 Å². The molecule has 4 rings (SSSR count). The van der Waals surface area contributed by atoms with Gasteiger partial charge in [-0.15, -0.1) is 0 Å². The third-order valence-corrected chi connectivity index (χ3v) is 4.70. The van der Waals surface area contributed by atoms with E-state index < -0.39 is 0 Å². The fourth-order valence-electron chi connectivity index (χ4n) is 3.65. The van der Waals surface area contributed by atoms with Crippen LogP contribution >= 0.6 is 0 Å². The van der Waals surface area contributed by atoms with Crippen LogP contribution in [0.5, 0.6) is 0 Å². The van der Waals surface area contributed by atoms with Gasteiger partial charge in [-0.1, -0.05) is 6.07 Å². The Kier molecular flexibility index (Phi) is 2.50. The lowest BCUT2D eigenvalue weighted by Crippen LogP contribution is -2.42. The van der Waals surface area contributed by atoms with E-state index in [1.165, 1.54) is 6.07 Å². The van der Waals surface area contributed by atoms with E-state index in [-0.39, 0.29) is 17.2 Å². The molecule has 102 valence electrons. The molecule has 4 heteroatoms. The van der Waals surface area contributed by atoms with Crippen LogP contribution in [0.4, 0.5) is 4.39 Å². The van der Waals surface area contributed by atoms with Gasteiger partial charge in [0.05, 0.1) is 25.4 Å². The molecule has 2 heterocycles. The van der Waals surface area contributed by atoms with Crippen molar-refractivity contribution in [3.8, 4) is 0 Å². The van der Waals surface area contributed by atoms with Crippen molar-refractivity contribution < 1.29 is 18.6 Å². The summed E-state index contributed by atoms with van der Waals surface area (Å²) >= 11 is 0. The molecule has 0 N–H and O–H groups in total. The highest BCUT2D eigenvalue weighted by molar-refractivity contribution is 5.36. The number of benzene rings is 1. The van der Waals surface area contributed by atoms with Crippen LogP contribution in [-0.4, -0.2) is 19.0 Å². The molecule has 0 amide bonds. The van der Waals surface area contributed by atoms with Gasteiger partial charge in [-0.25, -0.2) is 4.39 Å². The van der Waals surface area contributed by atoms with Crippen molar-refractivity contribution in [1.29, 1.82) is 0 Å². The maximum atomic E-state index is 13.3. The van der Waals surface area contributed by atoms with E-state index in [1.54, 1.807) is 6.07 Å². The Balaban J connectivity index is 1.61. The number of halogens is 1. The molecule has 19 heavy (non-hydrogen) atoms. The van der Waals surface area contributed by atoms with Gasteiger partial charge in [0.2, 0.25) is 0 Å². The normalized spacial score (nSPS) is 27.0. The van der Waals surface area contributed by atoms with E-state index in [0.29, 0.717) is 19.8 Å². The summed E-state index contributed by atoms with van der Waals surface area (Å²) in [6, 6.07) is 5.01. The van der Waals surface area contributed by atoms with Crippen molar-refractivity contribution in [3.63, 3.8) is 0 Å². The Morgan fingerprint density at radius 2 is 1.68 bits per heavy atom. The second-order valence-corrected chi connectivity index (χ2v) is 5.69. The van der Waals surface area contributed by atoms with Crippen LogP contribution in [0.1, 0.15) is 36.8 Å². The minimum Gasteiger partial charge on any atom is -0.366 e. The predicted molar refractivity (Wildman–Crippen MR) is 66.0 cm³/mol. The largest absolute Gasteiger partial charge is 0.366 e. The van der Waals surface area contributed by atoms with Crippen molar-refractivity contribution in [2.75, 3.05) is 13.2 Å². The molecule has 2 fully saturated rings. The molecule has 0 unspecified atom stereocenters. The average molecular weight is 264 g/mol.